The minimum absolute atomic E-state index is 0.00228. The Morgan fingerprint density at radius 3 is 2.51 bits per heavy atom. The first kappa shape index (κ1) is 25.1. The fourth-order valence-electron chi connectivity index (χ4n) is 4.55. The quantitative estimate of drug-likeness (QED) is 0.519. The molecule has 0 aliphatic carbocycles. The number of carbonyl (C=O) groups is 1. The lowest BCUT2D eigenvalue weighted by Gasteiger charge is -2.28. The number of anilines is 3. The lowest BCUT2D eigenvalue weighted by Crippen LogP contribution is -2.37. The molecule has 11 heteroatoms. The van der Waals surface area contributed by atoms with Crippen LogP contribution in [0.5, 0.6) is 0 Å². The zero-order valence-corrected chi connectivity index (χ0v) is 20.6. The zero-order chi connectivity index (χ0) is 26.2. The van der Waals surface area contributed by atoms with E-state index in [0.29, 0.717) is 49.7 Å². The Morgan fingerprint density at radius 1 is 1.11 bits per heavy atom. The molecule has 5 rings (SSSR count). The van der Waals surface area contributed by atoms with Crippen LogP contribution in [0.4, 0.5) is 30.5 Å². The summed E-state index contributed by atoms with van der Waals surface area (Å²) in [5.74, 6) is 0.431. The van der Waals surface area contributed by atoms with Crippen molar-refractivity contribution in [3.8, 4) is 11.5 Å². The standard InChI is InChI=1S/C26H28F3N5O3/c1-16(2)24(35)34-8-7-21-17(15-34)13-22(37-21)23-20(26(27,28)29)14-30-25(32-23)31-18-3-5-19(6-4-18)33-9-11-36-12-10-33/h3-6,13-14,16H,7-12,15H2,1-2H3,(H,30,31,32). The first-order valence-corrected chi connectivity index (χ1v) is 12.2. The van der Waals surface area contributed by atoms with Crippen LogP contribution >= 0.6 is 0 Å². The number of morpholine rings is 1. The van der Waals surface area contributed by atoms with Crippen LogP contribution in [0.25, 0.3) is 11.5 Å². The van der Waals surface area contributed by atoms with Gasteiger partial charge in [0.2, 0.25) is 11.9 Å². The van der Waals surface area contributed by atoms with Crippen LogP contribution in [-0.4, -0.2) is 53.6 Å². The summed E-state index contributed by atoms with van der Waals surface area (Å²) in [5, 5.41) is 2.99. The number of ether oxygens (including phenoxy) is 1. The molecule has 0 bridgehead atoms. The zero-order valence-electron chi connectivity index (χ0n) is 20.6. The molecule has 196 valence electrons. The second kappa shape index (κ2) is 10.0. The van der Waals surface area contributed by atoms with Crippen molar-refractivity contribution in [1.29, 1.82) is 0 Å². The Bertz CT molecular complexity index is 1270. The van der Waals surface area contributed by atoms with Gasteiger partial charge in [0, 0.05) is 61.7 Å². The number of carbonyl (C=O) groups excluding carboxylic acids is 1. The molecule has 1 aromatic carbocycles. The van der Waals surface area contributed by atoms with Gasteiger partial charge in [0.25, 0.3) is 0 Å². The van der Waals surface area contributed by atoms with Crippen molar-refractivity contribution in [2.75, 3.05) is 43.1 Å². The van der Waals surface area contributed by atoms with Crippen LogP contribution < -0.4 is 10.2 Å². The predicted octanol–water partition coefficient (Wildman–Crippen LogP) is 4.88. The lowest BCUT2D eigenvalue weighted by molar-refractivity contribution is -0.137. The van der Waals surface area contributed by atoms with E-state index in [0.717, 1.165) is 25.0 Å². The summed E-state index contributed by atoms with van der Waals surface area (Å²) in [6.45, 7) is 7.33. The largest absolute Gasteiger partial charge is 0.459 e. The van der Waals surface area contributed by atoms with Crippen molar-refractivity contribution in [2.24, 2.45) is 5.92 Å². The molecule has 0 unspecified atom stereocenters. The average Bonchev–Trinajstić information content (AvgIpc) is 3.32. The van der Waals surface area contributed by atoms with Crippen molar-refractivity contribution in [2.45, 2.75) is 33.0 Å². The first-order chi connectivity index (χ1) is 17.7. The smallest absolute Gasteiger partial charge is 0.420 e. The van der Waals surface area contributed by atoms with Crippen molar-refractivity contribution in [1.82, 2.24) is 14.9 Å². The van der Waals surface area contributed by atoms with Gasteiger partial charge in [0.15, 0.2) is 5.76 Å². The Labute approximate surface area is 212 Å². The highest BCUT2D eigenvalue weighted by Crippen LogP contribution is 2.38. The number of aromatic nitrogens is 2. The first-order valence-electron chi connectivity index (χ1n) is 12.2. The van der Waals surface area contributed by atoms with Crippen molar-refractivity contribution in [3.05, 3.63) is 53.4 Å². The van der Waals surface area contributed by atoms with E-state index in [9.17, 15) is 18.0 Å². The molecule has 1 amide bonds. The summed E-state index contributed by atoms with van der Waals surface area (Å²) in [4.78, 5) is 24.4. The molecule has 0 radical (unpaired) electrons. The fraction of sp³-hybridized carbons (Fsp3) is 0.423. The molecule has 1 saturated heterocycles. The van der Waals surface area contributed by atoms with Crippen molar-refractivity contribution < 1.29 is 27.1 Å². The van der Waals surface area contributed by atoms with Gasteiger partial charge in [-0.3, -0.25) is 4.79 Å². The summed E-state index contributed by atoms with van der Waals surface area (Å²) in [6.07, 6.45) is -3.47. The maximum Gasteiger partial charge on any atom is 0.420 e. The average molecular weight is 516 g/mol. The van der Waals surface area contributed by atoms with E-state index in [-0.39, 0.29) is 29.2 Å². The molecule has 0 spiro atoms. The minimum Gasteiger partial charge on any atom is -0.459 e. The minimum atomic E-state index is -4.67. The normalized spacial score (nSPS) is 16.2. The number of benzene rings is 1. The Kier molecular flexibility index (Phi) is 6.80. The second-order valence-corrected chi connectivity index (χ2v) is 9.45. The molecule has 2 aliphatic heterocycles. The SMILES string of the molecule is CC(C)C(=O)N1CCc2oc(-c3nc(Nc4ccc(N5CCOCC5)cc4)ncc3C(F)(F)F)cc2C1. The number of nitrogens with one attached hydrogen (secondary N) is 1. The third kappa shape index (κ3) is 5.41. The van der Waals surface area contributed by atoms with Crippen LogP contribution in [-0.2, 0) is 28.7 Å². The van der Waals surface area contributed by atoms with Gasteiger partial charge in [0.1, 0.15) is 17.0 Å². The van der Waals surface area contributed by atoms with Crippen LogP contribution in [0.3, 0.4) is 0 Å². The van der Waals surface area contributed by atoms with Gasteiger partial charge in [-0.05, 0) is 30.3 Å². The van der Waals surface area contributed by atoms with E-state index >= 15 is 0 Å². The van der Waals surface area contributed by atoms with Gasteiger partial charge in [0.05, 0.1) is 13.2 Å². The summed E-state index contributed by atoms with van der Waals surface area (Å²) >= 11 is 0. The molecule has 37 heavy (non-hydrogen) atoms. The highest BCUT2D eigenvalue weighted by atomic mass is 19.4. The van der Waals surface area contributed by atoms with Crippen LogP contribution in [0.2, 0.25) is 0 Å². The molecule has 4 heterocycles. The number of hydrogen-bond acceptors (Lipinski definition) is 7. The van der Waals surface area contributed by atoms with Crippen LogP contribution in [0, 0.1) is 5.92 Å². The van der Waals surface area contributed by atoms with Gasteiger partial charge in [-0.25, -0.2) is 9.97 Å². The van der Waals surface area contributed by atoms with Crippen LogP contribution in [0.1, 0.15) is 30.7 Å². The van der Waals surface area contributed by atoms with Gasteiger partial charge in [-0.15, -0.1) is 0 Å². The number of amides is 1. The molecule has 1 fully saturated rings. The summed E-state index contributed by atoms with van der Waals surface area (Å²) < 4.78 is 52.8. The molecular weight excluding hydrogens is 487 g/mol. The molecular formula is C26H28F3N5O3. The van der Waals surface area contributed by atoms with Crippen molar-refractivity contribution in [3.63, 3.8) is 0 Å². The monoisotopic (exact) mass is 515 g/mol. The summed E-state index contributed by atoms with van der Waals surface area (Å²) in [6, 6.07) is 9.08. The van der Waals surface area contributed by atoms with E-state index in [4.69, 9.17) is 9.15 Å². The van der Waals surface area contributed by atoms with E-state index in [1.54, 1.807) is 11.0 Å². The number of halogens is 3. The van der Waals surface area contributed by atoms with E-state index in [2.05, 4.69) is 20.2 Å². The number of nitrogens with zero attached hydrogens (tertiary/aromatic N) is 4. The number of alkyl halides is 3. The highest BCUT2D eigenvalue weighted by molar-refractivity contribution is 5.78. The molecule has 2 aliphatic rings. The van der Waals surface area contributed by atoms with E-state index in [1.807, 2.05) is 38.1 Å². The summed E-state index contributed by atoms with van der Waals surface area (Å²) in [5.41, 5.74) is 1.04. The predicted molar refractivity (Wildman–Crippen MR) is 131 cm³/mol. The molecule has 1 N–H and O–H groups in total. The fourth-order valence-corrected chi connectivity index (χ4v) is 4.55. The maximum atomic E-state index is 13.8. The van der Waals surface area contributed by atoms with Gasteiger partial charge in [-0.1, -0.05) is 13.8 Å². The number of rotatable bonds is 5. The number of furan rings is 1. The molecule has 8 nitrogen and oxygen atoms in total. The molecule has 0 atom stereocenters. The number of hydrogen-bond donors (Lipinski definition) is 1. The number of fused-ring (bicyclic) bond motifs is 1. The highest BCUT2D eigenvalue weighted by Gasteiger charge is 2.37. The lowest BCUT2D eigenvalue weighted by atomic mass is 10.1. The molecule has 0 saturated carbocycles. The van der Waals surface area contributed by atoms with E-state index in [1.165, 1.54) is 0 Å². The van der Waals surface area contributed by atoms with E-state index < -0.39 is 11.7 Å². The van der Waals surface area contributed by atoms with Gasteiger partial charge in [-0.2, -0.15) is 13.2 Å². The summed E-state index contributed by atoms with van der Waals surface area (Å²) in [7, 11) is 0. The van der Waals surface area contributed by atoms with Gasteiger partial charge >= 0.3 is 6.18 Å². The molecule has 2 aromatic heterocycles. The topological polar surface area (TPSA) is 83.7 Å². The second-order valence-electron chi connectivity index (χ2n) is 9.45. The Morgan fingerprint density at radius 2 is 1.84 bits per heavy atom. The van der Waals surface area contributed by atoms with Gasteiger partial charge < -0.3 is 24.3 Å². The van der Waals surface area contributed by atoms with Crippen molar-refractivity contribution >= 4 is 23.2 Å². The Balaban J connectivity index is 1.40. The maximum absolute atomic E-state index is 13.8. The molecule has 3 aromatic rings. The van der Waals surface area contributed by atoms with Crippen LogP contribution in [0.15, 0.2) is 40.9 Å². The third-order valence-corrected chi connectivity index (χ3v) is 6.50. The Hall–Kier alpha value is -3.60. The third-order valence-electron chi connectivity index (χ3n) is 6.50.